The average molecular weight is 699 g/mol. The van der Waals surface area contributed by atoms with E-state index in [2.05, 4.69) is 4.74 Å². The van der Waals surface area contributed by atoms with Crippen LogP contribution >= 0.6 is 0 Å². The molecule has 8 heteroatoms. The molecule has 0 spiro atoms. The zero-order valence-electron chi connectivity index (χ0n) is 28.5. The van der Waals surface area contributed by atoms with Crippen LogP contribution in [0.4, 0.5) is 13.2 Å². The second-order valence-electron chi connectivity index (χ2n) is 12.6. The SMILES string of the molecule is Cc1cccc(Oc2ccc(C(=O)c3cccc(C(=O)c4ccc(Oc5ccc(C(C)(C)c6ccc(OC(F)=C(F)F)cc6)cc5)cc4)c3)cc2)c1. The van der Waals surface area contributed by atoms with E-state index >= 15 is 0 Å². The molecule has 0 aliphatic heterocycles. The molecule has 0 heterocycles. The zero-order valence-corrected chi connectivity index (χ0v) is 28.5. The fraction of sp³-hybridized carbons (Fsp3) is 0.0909. The van der Waals surface area contributed by atoms with E-state index in [1.165, 1.54) is 12.1 Å². The molecule has 0 atom stereocenters. The Morgan fingerprint density at radius 2 is 0.904 bits per heavy atom. The number of halogens is 3. The van der Waals surface area contributed by atoms with Gasteiger partial charge in [-0.15, -0.1) is 0 Å². The van der Waals surface area contributed by atoms with Crippen LogP contribution < -0.4 is 14.2 Å². The molecule has 0 bridgehead atoms. The smallest absolute Gasteiger partial charge is 0.344 e. The summed E-state index contributed by atoms with van der Waals surface area (Å²) in [6, 6.07) is 39.8. The predicted molar refractivity (Wildman–Crippen MR) is 194 cm³/mol. The molecular weight excluding hydrogens is 665 g/mol. The van der Waals surface area contributed by atoms with Crippen LogP contribution in [0.25, 0.3) is 0 Å². The van der Waals surface area contributed by atoms with E-state index < -0.39 is 17.5 Å². The number of hydrogen-bond acceptors (Lipinski definition) is 5. The van der Waals surface area contributed by atoms with Crippen molar-refractivity contribution in [1.29, 1.82) is 0 Å². The van der Waals surface area contributed by atoms with Crippen LogP contribution in [-0.2, 0) is 5.41 Å². The summed E-state index contributed by atoms with van der Waals surface area (Å²) in [6.07, 6.45) is -2.52. The number of benzene rings is 6. The van der Waals surface area contributed by atoms with Crippen molar-refractivity contribution in [1.82, 2.24) is 0 Å². The highest BCUT2D eigenvalue weighted by Crippen LogP contribution is 2.35. The topological polar surface area (TPSA) is 61.8 Å². The summed E-state index contributed by atoms with van der Waals surface area (Å²) in [4.78, 5) is 26.7. The zero-order chi connectivity index (χ0) is 36.8. The summed E-state index contributed by atoms with van der Waals surface area (Å²) in [5, 5.41) is 0. The normalized spacial score (nSPS) is 11.0. The van der Waals surface area contributed by atoms with Crippen LogP contribution in [-0.4, -0.2) is 11.6 Å². The minimum atomic E-state index is -2.52. The van der Waals surface area contributed by atoms with Crippen LogP contribution in [0.5, 0.6) is 28.7 Å². The fourth-order valence-corrected chi connectivity index (χ4v) is 5.62. The Hall–Kier alpha value is -6.41. The van der Waals surface area contributed by atoms with Crippen molar-refractivity contribution in [3.63, 3.8) is 0 Å². The van der Waals surface area contributed by atoms with E-state index in [4.69, 9.17) is 9.47 Å². The first kappa shape index (κ1) is 35.4. The largest absolute Gasteiger partial charge is 0.457 e. The quantitative estimate of drug-likeness (QED) is 0.0940. The number of carbonyl (C=O) groups is 2. The molecule has 0 unspecified atom stereocenters. The number of hydrogen-bond donors (Lipinski definition) is 0. The van der Waals surface area contributed by atoms with Gasteiger partial charge in [-0.25, -0.2) is 0 Å². The molecular formula is C44H33F3O5. The van der Waals surface area contributed by atoms with Gasteiger partial charge >= 0.3 is 12.1 Å². The molecule has 6 rings (SSSR count). The van der Waals surface area contributed by atoms with Gasteiger partial charge in [-0.1, -0.05) is 68.4 Å². The van der Waals surface area contributed by atoms with Gasteiger partial charge in [0.15, 0.2) is 11.6 Å². The Bertz CT molecular complexity index is 2240. The van der Waals surface area contributed by atoms with Crippen molar-refractivity contribution in [2.75, 3.05) is 0 Å². The van der Waals surface area contributed by atoms with Crippen molar-refractivity contribution in [2.24, 2.45) is 0 Å². The average Bonchev–Trinajstić information content (AvgIpc) is 3.15. The van der Waals surface area contributed by atoms with Gasteiger partial charge < -0.3 is 14.2 Å². The highest BCUT2D eigenvalue weighted by molar-refractivity contribution is 6.13. The van der Waals surface area contributed by atoms with E-state index in [9.17, 15) is 22.8 Å². The third-order valence-corrected chi connectivity index (χ3v) is 8.59. The highest BCUT2D eigenvalue weighted by atomic mass is 19.3. The summed E-state index contributed by atoms with van der Waals surface area (Å²) in [5.74, 6) is 1.96. The van der Waals surface area contributed by atoms with Gasteiger partial charge in [0, 0.05) is 27.7 Å². The number of aryl methyl sites for hydroxylation is 1. The second kappa shape index (κ2) is 15.2. The maximum atomic E-state index is 13.4. The molecule has 6 aromatic carbocycles. The molecule has 5 nitrogen and oxygen atoms in total. The Morgan fingerprint density at radius 3 is 1.37 bits per heavy atom. The first-order chi connectivity index (χ1) is 25.0. The van der Waals surface area contributed by atoms with Crippen molar-refractivity contribution in [3.8, 4) is 28.7 Å². The minimum Gasteiger partial charge on any atom is -0.457 e. The van der Waals surface area contributed by atoms with Gasteiger partial charge in [-0.2, -0.15) is 13.2 Å². The molecule has 0 radical (unpaired) electrons. The summed E-state index contributed by atoms with van der Waals surface area (Å²) in [6.45, 7) is 5.99. The lowest BCUT2D eigenvalue weighted by Crippen LogP contribution is -2.18. The number of ketones is 2. The number of ether oxygens (including phenoxy) is 3. The van der Waals surface area contributed by atoms with Crippen LogP contribution in [0.3, 0.4) is 0 Å². The van der Waals surface area contributed by atoms with Crippen LogP contribution in [0.1, 0.15) is 62.4 Å². The van der Waals surface area contributed by atoms with Crippen LogP contribution in [0.2, 0.25) is 0 Å². The van der Waals surface area contributed by atoms with Gasteiger partial charge in [-0.3, -0.25) is 9.59 Å². The molecule has 0 aromatic heterocycles. The Labute approximate surface area is 299 Å². The summed E-state index contributed by atoms with van der Waals surface area (Å²) in [5.41, 5.74) is 4.14. The lowest BCUT2D eigenvalue weighted by molar-refractivity contribution is 0.103. The first-order valence-corrected chi connectivity index (χ1v) is 16.4. The van der Waals surface area contributed by atoms with Crippen LogP contribution in [0.15, 0.2) is 158 Å². The Morgan fingerprint density at radius 1 is 0.481 bits per heavy atom. The lowest BCUT2D eigenvalue weighted by atomic mass is 9.78. The van der Waals surface area contributed by atoms with E-state index in [1.54, 1.807) is 84.9 Å². The molecule has 0 saturated carbocycles. The molecule has 0 aliphatic carbocycles. The number of rotatable bonds is 12. The van der Waals surface area contributed by atoms with Crippen molar-refractivity contribution in [3.05, 3.63) is 197 Å². The summed E-state index contributed by atoms with van der Waals surface area (Å²) in [7, 11) is 0. The molecule has 0 fully saturated rings. The van der Waals surface area contributed by atoms with Crippen molar-refractivity contribution < 1.29 is 37.0 Å². The maximum Gasteiger partial charge on any atom is 0.344 e. The van der Waals surface area contributed by atoms with E-state index in [-0.39, 0.29) is 17.3 Å². The van der Waals surface area contributed by atoms with E-state index in [0.29, 0.717) is 45.3 Å². The predicted octanol–water partition coefficient (Wildman–Crippen LogP) is 11.8. The summed E-state index contributed by atoms with van der Waals surface area (Å²) < 4.78 is 54.3. The standard InChI is InChI=1S/C44H33F3O5/c1-28-6-4-9-39(26-28)51-36-20-12-30(13-21-36)41(49)32-8-5-7-31(27-32)40(48)29-10-18-35(19-11-29)50-37-22-14-33(15-23-37)44(2,3)34-16-24-38(25-17-34)52-43(47)42(45)46/h4-27H,1-3H3. The molecule has 6 aromatic rings. The first-order valence-electron chi connectivity index (χ1n) is 16.4. The van der Waals surface area contributed by atoms with Gasteiger partial charge in [0.2, 0.25) is 0 Å². The molecule has 0 saturated heterocycles. The van der Waals surface area contributed by atoms with Crippen molar-refractivity contribution >= 4 is 11.6 Å². The second-order valence-corrected chi connectivity index (χ2v) is 12.6. The minimum absolute atomic E-state index is 0.0345. The molecule has 0 amide bonds. The molecule has 52 heavy (non-hydrogen) atoms. The van der Waals surface area contributed by atoms with E-state index in [0.717, 1.165) is 16.7 Å². The molecule has 0 aliphatic rings. The van der Waals surface area contributed by atoms with Gasteiger partial charge in [0.25, 0.3) is 0 Å². The Kier molecular flexibility index (Phi) is 10.4. The Balaban J connectivity index is 1.07. The van der Waals surface area contributed by atoms with E-state index in [1.807, 2.05) is 69.3 Å². The lowest BCUT2D eigenvalue weighted by Gasteiger charge is -2.26. The van der Waals surface area contributed by atoms with Crippen molar-refractivity contribution in [2.45, 2.75) is 26.2 Å². The monoisotopic (exact) mass is 698 g/mol. The molecule has 0 N–H and O–H groups in total. The fourth-order valence-electron chi connectivity index (χ4n) is 5.62. The van der Waals surface area contributed by atoms with Gasteiger partial charge in [0.1, 0.15) is 28.7 Å². The highest BCUT2D eigenvalue weighted by Gasteiger charge is 2.23. The van der Waals surface area contributed by atoms with Crippen LogP contribution in [0, 0.1) is 6.92 Å². The van der Waals surface area contributed by atoms with Gasteiger partial charge in [0.05, 0.1) is 0 Å². The number of carbonyl (C=O) groups excluding carboxylic acids is 2. The van der Waals surface area contributed by atoms with Gasteiger partial charge in [-0.05, 0) is 115 Å². The summed E-state index contributed by atoms with van der Waals surface area (Å²) >= 11 is 0. The third kappa shape index (κ3) is 8.30. The maximum absolute atomic E-state index is 13.4. The molecule has 260 valence electrons. The third-order valence-electron chi connectivity index (χ3n) is 8.59.